The van der Waals surface area contributed by atoms with Crippen molar-refractivity contribution in [3.63, 3.8) is 0 Å². The normalized spacial score (nSPS) is 36.3. The Morgan fingerprint density at radius 3 is 2.63 bits per heavy atom. The van der Waals surface area contributed by atoms with E-state index in [4.69, 9.17) is 0 Å². The van der Waals surface area contributed by atoms with Crippen LogP contribution in [0.15, 0.2) is 12.4 Å². The number of nitrogens with zero attached hydrogens (tertiary/aromatic N) is 2. The SMILES string of the molecule is O=C(Nc1cn[nH]c1)N1CC2CC3CC(C2)CC1C3. The van der Waals surface area contributed by atoms with Gasteiger partial charge in [-0.25, -0.2) is 4.79 Å². The van der Waals surface area contributed by atoms with Crippen LogP contribution < -0.4 is 5.32 Å². The Hall–Kier alpha value is -1.52. The molecule has 0 aromatic carbocycles. The molecule has 2 N–H and O–H groups in total. The lowest BCUT2D eigenvalue weighted by Gasteiger charge is -2.38. The molecule has 4 fully saturated rings. The summed E-state index contributed by atoms with van der Waals surface area (Å²) in [6.45, 7) is 0.946. The maximum absolute atomic E-state index is 12.5. The van der Waals surface area contributed by atoms with Crippen LogP contribution in [0.3, 0.4) is 0 Å². The first-order valence-electron chi connectivity index (χ1n) is 7.34. The monoisotopic (exact) mass is 260 g/mol. The molecule has 2 saturated heterocycles. The molecule has 1 aromatic rings. The van der Waals surface area contributed by atoms with Crippen molar-refractivity contribution in [1.82, 2.24) is 15.1 Å². The number of hydrogen-bond acceptors (Lipinski definition) is 2. The fourth-order valence-electron chi connectivity index (χ4n) is 4.55. The zero-order chi connectivity index (χ0) is 12.8. The average molecular weight is 260 g/mol. The highest BCUT2D eigenvalue weighted by atomic mass is 16.2. The highest BCUT2D eigenvalue weighted by Crippen LogP contribution is 2.47. The zero-order valence-corrected chi connectivity index (χ0v) is 11.0. The summed E-state index contributed by atoms with van der Waals surface area (Å²) in [5.74, 6) is 2.47. The number of aromatic amines is 1. The second kappa shape index (κ2) is 4.25. The summed E-state index contributed by atoms with van der Waals surface area (Å²) >= 11 is 0. The summed E-state index contributed by atoms with van der Waals surface area (Å²) in [4.78, 5) is 14.5. The zero-order valence-electron chi connectivity index (χ0n) is 11.0. The van der Waals surface area contributed by atoms with Crippen molar-refractivity contribution in [1.29, 1.82) is 0 Å². The van der Waals surface area contributed by atoms with Crippen LogP contribution in [-0.2, 0) is 0 Å². The number of H-pyrrole nitrogens is 1. The van der Waals surface area contributed by atoms with E-state index < -0.39 is 0 Å². The predicted octanol–water partition coefficient (Wildman–Crippen LogP) is 2.45. The molecule has 0 spiro atoms. The molecular weight excluding hydrogens is 240 g/mol. The summed E-state index contributed by atoms with van der Waals surface area (Å²) in [6, 6.07) is 0.516. The number of carbonyl (C=O) groups is 1. The van der Waals surface area contributed by atoms with Crippen LogP contribution in [0.4, 0.5) is 10.5 Å². The largest absolute Gasteiger partial charge is 0.322 e. The quantitative estimate of drug-likeness (QED) is 0.814. The van der Waals surface area contributed by atoms with Gasteiger partial charge in [-0.15, -0.1) is 0 Å². The molecule has 0 radical (unpaired) electrons. The smallest absolute Gasteiger partial charge is 0.321 e. The maximum atomic E-state index is 12.5. The van der Waals surface area contributed by atoms with Gasteiger partial charge in [0.1, 0.15) is 0 Å². The first-order valence-corrected chi connectivity index (χ1v) is 7.34. The molecule has 3 heterocycles. The number of aromatic nitrogens is 2. The minimum atomic E-state index is 0.0552. The van der Waals surface area contributed by atoms with Gasteiger partial charge in [-0.3, -0.25) is 5.10 Å². The molecule has 2 saturated carbocycles. The van der Waals surface area contributed by atoms with Crippen molar-refractivity contribution in [3.05, 3.63) is 12.4 Å². The van der Waals surface area contributed by atoms with Crippen molar-refractivity contribution >= 4 is 11.7 Å². The van der Waals surface area contributed by atoms with Crippen molar-refractivity contribution in [2.75, 3.05) is 11.9 Å². The molecule has 5 rings (SSSR count). The Labute approximate surface area is 112 Å². The van der Waals surface area contributed by atoms with Gasteiger partial charge in [0.2, 0.25) is 0 Å². The lowest BCUT2D eigenvalue weighted by Crippen LogP contribution is -2.44. The Morgan fingerprint density at radius 2 is 1.95 bits per heavy atom. The molecule has 2 atom stereocenters. The lowest BCUT2D eigenvalue weighted by atomic mass is 9.68. The molecule has 1 aromatic heterocycles. The number of rotatable bonds is 1. The van der Waals surface area contributed by atoms with E-state index >= 15 is 0 Å². The fraction of sp³-hybridized carbons (Fsp3) is 0.714. The summed E-state index contributed by atoms with van der Waals surface area (Å²) in [6.07, 6.45) is 9.88. The van der Waals surface area contributed by atoms with Gasteiger partial charge in [0.25, 0.3) is 0 Å². The van der Waals surface area contributed by atoms with Crippen LogP contribution in [0.5, 0.6) is 0 Å². The maximum Gasteiger partial charge on any atom is 0.322 e. The van der Waals surface area contributed by atoms with Crippen molar-refractivity contribution in [2.24, 2.45) is 17.8 Å². The van der Waals surface area contributed by atoms with Gasteiger partial charge >= 0.3 is 6.03 Å². The van der Waals surface area contributed by atoms with Gasteiger partial charge in [-0.1, -0.05) is 0 Å². The number of fused-ring (bicyclic) bond motifs is 1. The van der Waals surface area contributed by atoms with E-state index in [1.807, 2.05) is 0 Å². The number of anilines is 1. The fourth-order valence-corrected chi connectivity index (χ4v) is 4.55. The number of amides is 2. The van der Waals surface area contributed by atoms with Crippen molar-refractivity contribution < 1.29 is 4.79 Å². The number of nitrogens with one attached hydrogen (secondary N) is 2. The average Bonchev–Trinajstić information content (AvgIpc) is 2.79. The molecular formula is C14H20N4O. The van der Waals surface area contributed by atoms with E-state index in [0.717, 1.165) is 30.0 Å². The molecule has 5 nitrogen and oxygen atoms in total. The molecule has 19 heavy (non-hydrogen) atoms. The number of carbonyl (C=O) groups excluding carboxylic acids is 1. The van der Waals surface area contributed by atoms with Gasteiger partial charge in [0.05, 0.1) is 11.9 Å². The Morgan fingerprint density at radius 1 is 1.21 bits per heavy atom. The van der Waals surface area contributed by atoms with Gasteiger partial charge in [-0.05, 0) is 49.9 Å². The molecule has 102 valence electrons. The molecule has 5 heteroatoms. The van der Waals surface area contributed by atoms with E-state index in [1.54, 1.807) is 12.4 Å². The Bertz CT molecular complexity index is 458. The molecule has 2 unspecified atom stereocenters. The van der Waals surface area contributed by atoms with Gasteiger partial charge in [0.15, 0.2) is 0 Å². The number of urea groups is 1. The van der Waals surface area contributed by atoms with Crippen molar-refractivity contribution in [2.45, 2.75) is 38.1 Å². The Balaban J connectivity index is 1.53. The third kappa shape index (κ3) is 2.01. The minimum absolute atomic E-state index is 0.0552. The third-order valence-corrected chi connectivity index (χ3v) is 5.12. The minimum Gasteiger partial charge on any atom is -0.321 e. The second-order valence-electron chi connectivity index (χ2n) is 6.50. The van der Waals surface area contributed by atoms with Gasteiger partial charge in [-0.2, -0.15) is 5.10 Å². The van der Waals surface area contributed by atoms with Crippen molar-refractivity contribution in [3.8, 4) is 0 Å². The van der Waals surface area contributed by atoms with Crippen LogP contribution in [0.2, 0.25) is 0 Å². The van der Waals surface area contributed by atoms with Gasteiger partial charge in [0, 0.05) is 18.8 Å². The standard InChI is InChI=1S/C14H20N4O/c19-14(17-12-6-15-16-7-12)18-8-11-2-9-1-10(3-11)5-13(18)4-9/h6-7,9-11,13H,1-5,8H2,(H,15,16)(H,17,19). The Kier molecular flexibility index (Phi) is 2.53. The van der Waals surface area contributed by atoms with E-state index in [2.05, 4.69) is 20.4 Å². The highest BCUT2D eigenvalue weighted by molar-refractivity contribution is 5.89. The van der Waals surface area contributed by atoms with E-state index in [9.17, 15) is 4.79 Å². The number of hydrogen-bond donors (Lipinski definition) is 2. The summed E-state index contributed by atoms with van der Waals surface area (Å²) in [5, 5.41) is 9.55. The molecule has 4 bridgehead atoms. The summed E-state index contributed by atoms with van der Waals surface area (Å²) in [7, 11) is 0. The predicted molar refractivity (Wildman–Crippen MR) is 71.7 cm³/mol. The first-order chi connectivity index (χ1) is 9.28. The lowest BCUT2D eigenvalue weighted by molar-refractivity contribution is 0.136. The van der Waals surface area contributed by atoms with E-state index in [1.165, 1.54) is 32.1 Å². The molecule has 2 aliphatic heterocycles. The van der Waals surface area contributed by atoms with E-state index in [0.29, 0.717) is 6.04 Å². The molecule has 2 aliphatic carbocycles. The second-order valence-corrected chi connectivity index (χ2v) is 6.50. The van der Waals surface area contributed by atoms with Crippen LogP contribution in [0.25, 0.3) is 0 Å². The summed E-state index contributed by atoms with van der Waals surface area (Å²) in [5.41, 5.74) is 0.758. The van der Waals surface area contributed by atoms with Crippen LogP contribution in [-0.4, -0.2) is 33.7 Å². The highest BCUT2D eigenvalue weighted by Gasteiger charge is 2.44. The van der Waals surface area contributed by atoms with Crippen LogP contribution >= 0.6 is 0 Å². The van der Waals surface area contributed by atoms with Gasteiger partial charge < -0.3 is 10.2 Å². The first kappa shape index (κ1) is 11.3. The third-order valence-electron chi connectivity index (χ3n) is 5.12. The van der Waals surface area contributed by atoms with Crippen LogP contribution in [0.1, 0.15) is 32.1 Å². The topological polar surface area (TPSA) is 61.0 Å². The van der Waals surface area contributed by atoms with Crippen LogP contribution in [0, 0.1) is 17.8 Å². The van der Waals surface area contributed by atoms with E-state index in [-0.39, 0.29) is 6.03 Å². The molecule has 4 aliphatic rings. The summed E-state index contributed by atoms with van der Waals surface area (Å²) < 4.78 is 0. The molecule has 2 amide bonds.